The number of aryl methyl sites for hydroxylation is 2. The minimum atomic E-state index is -0.260. The van der Waals surface area contributed by atoms with Crippen LogP contribution in [0.5, 0.6) is 0 Å². The number of rotatable bonds is 6. The number of carbonyl (C=O) groups excluding carboxylic acids is 1. The normalized spacial score (nSPS) is 10.8. The quantitative estimate of drug-likeness (QED) is 0.371. The second kappa shape index (κ2) is 6.94. The van der Waals surface area contributed by atoms with Crippen LogP contribution in [-0.2, 0) is 17.8 Å². The molecule has 2 aromatic heterocycles. The third-order valence-electron chi connectivity index (χ3n) is 2.95. The molecule has 2 aromatic rings. The number of nitrogen functional groups attached to an aromatic ring is 1. The van der Waals surface area contributed by atoms with Crippen LogP contribution >= 0.6 is 22.7 Å². The van der Waals surface area contributed by atoms with Crippen molar-refractivity contribution < 1.29 is 9.53 Å². The van der Waals surface area contributed by atoms with Crippen molar-refractivity contribution in [2.75, 3.05) is 6.61 Å². The van der Waals surface area contributed by atoms with Gasteiger partial charge >= 0.3 is 0 Å². The summed E-state index contributed by atoms with van der Waals surface area (Å²) >= 11 is 3.08. The summed E-state index contributed by atoms with van der Waals surface area (Å²) < 4.78 is 5.68. The highest BCUT2D eigenvalue weighted by Gasteiger charge is 2.11. The Bertz CT molecular complexity index is 592. The Morgan fingerprint density at radius 3 is 2.95 bits per heavy atom. The van der Waals surface area contributed by atoms with E-state index in [2.05, 4.69) is 10.4 Å². The van der Waals surface area contributed by atoms with E-state index in [1.807, 2.05) is 25.4 Å². The van der Waals surface area contributed by atoms with E-state index in [9.17, 15) is 4.79 Å². The largest absolute Gasteiger partial charge is 0.376 e. The molecule has 3 N–H and O–H groups in total. The van der Waals surface area contributed by atoms with E-state index in [0.29, 0.717) is 18.1 Å². The van der Waals surface area contributed by atoms with Gasteiger partial charge < -0.3 is 4.74 Å². The Kier molecular flexibility index (Phi) is 5.24. The van der Waals surface area contributed by atoms with Crippen molar-refractivity contribution in [3.63, 3.8) is 0 Å². The maximum atomic E-state index is 11.4. The van der Waals surface area contributed by atoms with Crippen molar-refractivity contribution in [3.05, 3.63) is 37.5 Å². The first kappa shape index (κ1) is 15.1. The molecule has 0 atom stereocenters. The molecule has 1 amide bonds. The Morgan fingerprint density at radius 2 is 2.30 bits per heavy atom. The molecule has 0 radical (unpaired) electrons. The van der Waals surface area contributed by atoms with Crippen molar-refractivity contribution in [3.8, 4) is 0 Å². The van der Waals surface area contributed by atoms with Crippen LogP contribution in [0.25, 0.3) is 0 Å². The summed E-state index contributed by atoms with van der Waals surface area (Å²) in [4.78, 5) is 18.6. The maximum Gasteiger partial charge on any atom is 0.275 e. The molecule has 20 heavy (non-hydrogen) atoms. The van der Waals surface area contributed by atoms with Gasteiger partial charge in [0.25, 0.3) is 5.91 Å². The van der Waals surface area contributed by atoms with E-state index < -0.39 is 0 Å². The molecule has 0 aromatic carbocycles. The molecule has 0 saturated carbocycles. The molecule has 0 fully saturated rings. The first-order valence-electron chi connectivity index (χ1n) is 6.18. The van der Waals surface area contributed by atoms with Gasteiger partial charge in [0.05, 0.1) is 29.3 Å². The number of hydrogen-bond acceptors (Lipinski definition) is 6. The van der Waals surface area contributed by atoms with Gasteiger partial charge in [-0.05, 0) is 25.5 Å². The fourth-order valence-electron chi connectivity index (χ4n) is 1.76. The molecule has 108 valence electrons. The zero-order chi connectivity index (χ0) is 14.5. The monoisotopic (exact) mass is 311 g/mol. The van der Waals surface area contributed by atoms with Crippen LogP contribution in [0.1, 0.15) is 30.7 Å². The third kappa shape index (κ3) is 3.63. The Morgan fingerprint density at radius 1 is 1.50 bits per heavy atom. The minimum Gasteiger partial charge on any atom is -0.376 e. The molecule has 0 aliphatic rings. The number of nitrogens with zero attached hydrogens (tertiary/aromatic N) is 1. The number of hydrogen-bond donors (Lipinski definition) is 2. The summed E-state index contributed by atoms with van der Waals surface area (Å²) in [7, 11) is 0. The zero-order valence-corrected chi connectivity index (χ0v) is 13.1. The summed E-state index contributed by atoms with van der Waals surface area (Å²) in [6, 6.07) is 1.83. The molecule has 0 aliphatic carbocycles. The lowest BCUT2D eigenvalue weighted by molar-refractivity contribution is 0.0957. The van der Waals surface area contributed by atoms with Crippen LogP contribution in [0.15, 0.2) is 11.6 Å². The first-order valence-corrected chi connectivity index (χ1v) is 7.88. The van der Waals surface area contributed by atoms with E-state index in [4.69, 9.17) is 10.6 Å². The molecule has 0 saturated heterocycles. The molecule has 0 unspecified atom stereocenters. The lowest BCUT2D eigenvalue weighted by atomic mass is 10.2. The molecule has 2 heterocycles. The number of thiophene rings is 1. The fourth-order valence-corrected chi connectivity index (χ4v) is 3.45. The molecular formula is C13H17N3O2S2. The second-order valence-corrected chi connectivity index (χ2v) is 6.52. The Balaban J connectivity index is 1.84. The molecular weight excluding hydrogens is 294 g/mol. The smallest absolute Gasteiger partial charge is 0.275 e. The van der Waals surface area contributed by atoms with Gasteiger partial charge in [0.2, 0.25) is 0 Å². The Labute approximate surface area is 125 Å². The van der Waals surface area contributed by atoms with Crippen molar-refractivity contribution >= 4 is 28.6 Å². The average molecular weight is 311 g/mol. The lowest BCUT2D eigenvalue weighted by Gasteiger charge is -2.03. The van der Waals surface area contributed by atoms with E-state index in [-0.39, 0.29) is 5.91 Å². The van der Waals surface area contributed by atoms with Crippen molar-refractivity contribution in [1.29, 1.82) is 0 Å². The number of nitrogens with two attached hydrogens (primary N) is 1. The number of hydrazine groups is 1. The molecule has 5 nitrogen and oxygen atoms in total. The predicted molar refractivity (Wildman–Crippen MR) is 80.9 cm³/mol. The topological polar surface area (TPSA) is 77.2 Å². The standard InChI is InChI=1S/C13H17N3O2S2/c1-8-11(19-7-15-8)3-4-18-6-10-5-12(13(17)16-14)20-9(10)2/h5,7H,3-4,6,14H2,1-2H3,(H,16,17). The van der Waals surface area contributed by atoms with Crippen LogP contribution < -0.4 is 11.3 Å². The lowest BCUT2D eigenvalue weighted by Crippen LogP contribution is -2.29. The highest BCUT2D eigenvalue weighted by molar-refractivity contribution is 7.14. The van der Waals surface area contributed by atoms with Gasteiger partial charge in [-0.3, -0.25) is 10.2 Å². The van der Waals surface area contributed by atoms with Crippen LogP contribution in [0.2, 0.25) is 0 Å². The van der Waals surface area contributed by atoms with Gasteiger partial charge in [0.15, 0.2) is 0 Å². The second-order valence-electron chi connectivity index (χ2n) is 4.33. The van der Waals surface area contributed by atoms with Gasteiger partial charge in [-0.15, -0.1) is 22.7 Å². The predicted octanol–water partition coefficient (Wildman–Crippen LogP) is 2.18. The number of nitrogens with one attached hydrogen (secondary N) is 1. The molecule has 2 rings (SSSR count). The minimum absolute atomic E-state index is 0.260. The van der Waals surface area contributed by atoms with E-state index >= 15 is 0 Å². The third-order valence-corrected chi connectivity index (χ3v) is 5.04. The highest BCUT2D eigenvalue weighted by Crippen LogP contribution is 2.22. The van der Waals surface area contributed by atoms with E-state index in [1.165, 1.54) is 16.2 Å². The fraction of sp³-hybridized carbons (Fsp3) is 0.385. The van der Waals surface area contributed by atoms with Gasteiger partial charge in [0, 0.05) is 16.2 Å². The van der Waals surface area contributed by atoms with Gasteiger partial charge in [-0.2, -0.15) is 0 Å². The average Bonchev–Trinajstić information content (AvgIpc) is 3.01. The first-order chi connectivity index (χ1) is 9.61. The molecule has 0 spiro atoms. The summed E-state index contributed by atoms with van der Waals surface area (Å²) in [6.45, 7) is 5.14. The maximum absolute atomic E-state index is 11.4. The van der Waals surface area contributed by atoms with E-state index in [1.54, 1.807) is 11.3 Å². The van der Waals surface area contributed by atoms with Gasteiger partial charge in [-0.1, -0.05) is 0 Å². The van der Waals surface area contributed by atoms with Gasteiger partial charge in [0.1, 0.15) is 0 Å². The number of thiazole rings is 1. The summed E-state index contributed by atoms with van der Waals surface area (Å²) in [5.74, 6) is 4.86. The van der Waals surface area contributed by atoms with Crippen LogP contribution in [-0.4, -0.2) is 17.5 Å². The summed E-state index contributed by atoms with van der Waals surface area (Å²) in [6.07, 6.45) is 0.871. The zero-order valence-electron chi connectivity index (χ0n) is 11.4. The highest BCUT2D eigenvalue weighted by atomic mass is 32.1. The van der Waals surface area contributed by atoms with Crippen LogP contribution in [0, 0.1) is 13.8 Å². The SMILES string of the molecule is Cc1ncsc1CCOCc1cc(C(=O)NN)sc1C. The molecule has 7 heteroatoms. The van der Waals surface area contributed by atoms with Crippen LogP contribution in [0.4, 0.5) is 0 Å². The van der Waals surface area contributed by atoms with Crippen LogP contribution in [0.3, 0.4) is 0 Å². The summed E-state index contributed by atoms with van der Waals surface area (Å²) in [5.41, 5.74) is 6.10. The van der Waals surface area contributed by atoms with Crippen molar-refractivity contribution in [1.82, 2.24) is 10.4 Å². The molecule has 0 aliphatic heterocycles. The number of carbonyl (C=O) groups is 1. The van der Waals surface area contributed by atoms with E-state index in [0.717, 1.165) is 22.6 Å². The van der Waals surface area contributed by atoms with Gasteiger partial charge in [-0.25, -0.2) is 10.8 Å². The van der Waals surface area contributed by atoms with Crippen molar-refractivity contribution in [2.24, 2.45) is 5.84 Å². The Hall–Kier alpha value is -1.28. The molecule has 0 bridgehead atoms. The number of amides is 1. The number of ether oxygens (including phenoxy) is 1. The summed E-state index contributed by atoms with van der Waals surface area (Å²) in [5, 5.41) is 0. The van der Waals surface area contributed by atoms with Crippen molar-refractivity contribution in [2.45, 2.75) is 26.9 Å². The number of aromatic nitrogens is 1.